The second-order valence-electron chi connectivity index (χ2n) is 6.50. The number of nitrogens with zero attached hydrogens (tertiary/aromatic N) is 1. The maximum absolute atomic E-state index is 5.68. The average molecular weight is 387 g/mol. The molecule has 1 unspecified atom stereocenters. The second-order valence-corrected chi connectivity index (χ2v) is 6.50. The summed E-state index contributed by atoms with van der Waals surface area (Å²) in [6.07, 6.45) is 4.82. The van der Waals surface area contributed by atoms with Crippen molar-refractivity contribution in [1.29, 1.82) is 0 Å². The minimum Gasteiger partial charge on any atom is -0.493 e. The SMILES string of the molecule is CCOc1ccc(NC(=NCC2CCCO2)NCCc2ccco2)cc1OC. The van der Waals surface area contributed by atoms with Crippen molar-refractivity contribution in [2.24, 2.45) is 4.99 Å². The molecule has 1 atom stereocenters. The first-order chi connectivity index (χ1) is 13.8. The van der Waals surface area contributed by atoms with Crippen LogP contribution in [0.3, 0.4) is 0 Å². The van der Waals surface area contributed by atoms with Crippen molar-refractivity contribution in [3.05, 3.63) is 42.4 Å². The molecule has 0 radical (unpaired) electrons. The van der Waals surface area contributed by atoms with Crippen LogP contribution >= 0.6 is 0 Å². The van der Waals surface area contributed by atoms with Gasteiger partial charge in [0.25, 0.3) is 0 Å². The Kier molecular flexibility index (Phi) is 7.61. The first kappa shape index (κ1) is 20.1. The molecule has 7 nitrogen and oxygen atoms in total. The highest BCUT2D eigenvalue weighted by Crippen LogP contribution is 2.30. The second kappa shape index (κ2) is 10.6. The molecule has 1 fully saturated rings. The van der Waals surface area contributed by atoms with Gasteiger partial charge in [0.1, 0.15) is 5.76 Å². The third-order valence-corrected chi connectivity index (χ3v) is 4.45. The number of anilines is 1. The van der Waals surface area contributed by atoms with Crippen molar-refractivity contribution in [3.8, 4) is 11.5 Å². The van der Waals surface area contributed by atoms with Crippen LogP contribution in [0.25, 0.3) is 0 Å². The molecule has 0 amide bonds. The summed E-state index contributed by atoms with van der Waals surface area (Å²) in [6.45, 7) is 4.70. The van der Waals surface area contributed by atoms with Gasteiger partial charge in [-0.25, -0.2) is 0 Å². The summed E-state index contributed by atoms with van der Waals surface area (Å²) in [5, 5.41) is 6.70. The van der Waals surface area contributed by atoms with Gasteiger partial charge in [-0.2, -0.15) is 0 Å². The van der Waals surface area contributed by atoms with Crippen molar-refractivity contribution in [3.63, 3.8) is 0 Å². The molecular weight excluding hydrogens is 358 g/mol. The molecule has 0 bridgehead atoms. The number of hydrogen-bond donors (Lipinski definition) is 2. The number of nitrogens with one attached hydrogen (secondary N) is 2. The van der Waals surface area contributed by atoms with Crippen LogP contribution in [0.1, 0.15) is 25.5 Å². The Hall–Kier alpha value is -2.67. The van der Waals surface area contributed by atoms with E-state index in [1.165, 1.54) is 0 Å². The molecule has 3 rings (SSSR count). The molecule has 2 aromatic rings. The number of aliphatic imine (C=N–C) groups is 1. The van der Waals surface area contributed by atoms with Crippen LogP contribution in [0.2, 0.25) is 0 Å². The monoisotopic (exact) mass is 387 g/mol. The van der Waals surface area contributed by atoms with Crippen LogP contribution in [0.4, 0.5) is 5.69 Å². The van der Waals surface area contributed by atoms with Gasteiger partial charge in [-0.1, -0.05) is 0 Å². The number of guanidine groups is 1. The smallest absolute Gasteiger partial charge is 0.195 e. The van der Waals surface area contributed by atoms with E-state index in [0.717, 1.165) is 43.1 Å². The maximum Gasteiger partial charge on any atom is 0.195 e. The van der Waals surface area contributed by atoms with Crippen molar-refractivity contribution < 1.29 is 18.6 Å². The molecule has 1 aliphatic rings. The normalized spacial score (nSPS) is 16.8. The molecule has 152 valence electrons. The van der Waals surface area contributed by atoms with Crippen LogP contribution in [0, 0.1) is 0 Å². The van der Waals surface area contributed by atoms with Gasteiger partial charge in [0.15, 0.2) is 17.5 Å². The number of ether oxygens (including phenoxy) is 3. The molecule has 2 heterocycles. The highest BCUT2D eigenvalue weighted by molar-refractivity contribution is 5.94. The van der Waals surface area contributed by atoms with E-state index in [1.807, 2.05) is 37.3 Å². The van der Waals surface area contributed by atoms with E-state index >= 15 is 0 Å². The predicted octanol–water partition coefficient (Wildman–Crippen LogP) is 3.47. The van der Waals surface area contributed by atoms with E-state index in [-0.39, 0.29) is 6.10 Å². The minimum atomic E-state index is 0.193. The molecule has 1 aromatic heterocycles. The van der Waals surface area contributed by atoms with Crippen LogP contribution in [0.15, 0.2) is 46.0 Å². The number of furan rings is 1. The standard InChI is InChI=1S/C21H29N3O4/c1-3-26-19-9-8-16(14-20(19)25-2)24-21(23-15-18-7-5-13-28-18)22-11-10-17-6-4-12-27-17/h4,6,8-9,12,14,18H,3,5,7,10-11,13,15H2,1-2H3,(H2,22,23,24). The van der Waals surface area contributed by atoms with Crippen molar-refractivity contribution in [1.82, 2.24) is 5.32 Å². The van der Waals surface area contributed by atoms with E-state index in [9.17, 15) is 0 Å². The van der Waals surface area contributed by atoms with Gasteiger partial charge >= 0.3 is 0 Å². The fourth-order valence-corrected chi connectivity index (χ4v) is 3.04. The largest absolute Gasteiger partial charge is 0.493 e. The summed E-state index contributed by atoms with van der Waals surface area (Å²) in [7, 11) is 1.63. The lowest BCUT2D eigenvalue weighted by atomic mass is 10.2. The van der Waals surface area contributed by atoms with Crippen molar-refractivity contribution >= 4 is 11.6 Å². The fourth-order valence-electron chi connectivity index (χ4n) is 3.04. The van der Waals surface area contributed by atoms with Crippen LogP contribution in [0.5, 0.6) is 11.5 Å². The fraction of sp³-hybridized carbons (Fsp3) is 0.476. The Bertz CT molecular complexity index is 740. The Morgan fingerprint density at radius 2 is 2.21 bits per heavy atom. The lowest BCUT2D eigenvalue weighted by Gasteiger charge is -2.15. The van der Waals surface area contributed by atoms with Gasteiger partial charge < -0.3 is 29.3 Å². The lowest BCUT2D eigenvalue weighted by molar-refractivity contribution is 0.118. The molecule has 7 heteroatoms. The van der Waals surface area contributed by atoms with Gasteiger partial charge in [-0.15, -0.1) is 0 Å². The highest BCUT2D eigenvalue weighted by atomic mass is 16.5. The summed E-state index contributed by atoms with van der Waals surface area (Å²) in [4.78, 5) is 4.70. The first-order valence-corrected chi connectivity index (χ1v) is 9.78. The number of hydrogen-bond acceptors (Lipinski definition) is 5. The van der Waals surface area contributed by atoms with E-state index in [2.05, 4.69) is 10.6 Å². The van der Waals surface area contributed by atoms with Gasteiger partial charge in [0, 0.05) is 31.3 Å². The molecule has 0 saturated carbocycles. The topological polar surface area (TPSA) is 77.2 Å². The Morgan fingerprint density at radius 1 is 1.29 bits per heavy atom. The van der Waals surface area contributed by atoms with Crippen LogP contribution < -0.4 is 20.1 Å². The van der Waals surface area contributed by atoms with E-state index < -0.39 is 0 Å². The van der Waals surface area contributed by atoms with Crippen molar-refractivity contribution in [2.45, 2.75) is 32.3 Å². The lowest BCUT2D eigenvalue weighted by Crippen LogP contribution is -2.33. The summed E-state index contributed by atoms with van der Waals surface area (Å²) in [6, 6.07) is 9.61. The predicted molar refractivity (Wildman–Crippen MR) is 109 cm³/mol. The molecular formula is C21H29N3O4. The van der Waals surface area contributed by atoms with E-state index in [0.29, 0.717) is 31.4 Å². The van der Waals surface area contributed by atoms with E-state index in [1.54, 1.807) is 13.4 Å². The average Bonchev–Trinajstić information content (AvgIpc) is 3.41. The van der Waals surface area contributed by atoms with Gasteiger partial charge in [0.05, 0.1) is 32.6 Å². The van der Waals surface area contributed by atoms with Crippen molar-refractivity contribution in [2.75, 3.05) is 38.7 Å². The third-order valence-electron chi connectivity index (χ3n) is 4.45. The summed E-state index contributed by atoms with van der Waals surface area (Å²) >= 11 is 0. The first-order valence-electron chi connectivity index (χ1n) is 9.78. The molecule has 28 heavy (non-hydrogen) atoms. The van der Waals surface area contributed by atoms with Gasteiger partial charge in [-0.3, -0.25) is 4.99 Å². The molecule has 1 saturated heterocycles. The zero-order valence-electron chi connectivity index (χ0n) is 16.6. The number of benzene rings is 1. The summed E-state index contributed by atoms with van der Waals surface area (Å²) < 4.78 is 22.1. The van der Waals surface area contributed by atoms with Gasteiger partial charge in [0.2, 0.25) is 0 Å². The minimum absolute atomic E-state index is 0.193. The molecule has 0 aliphatic carbocycles. The van der Waals surface area contributed by atoms with Gasteiger partial charge in [-0.05, 0) is 44.0 Å². The highest BCUT2D eigenvalue weighted by Gasteiger charge is 2.15. The quantitative estimate of drug-likeness (QED) is 0.507. The van der Waals surface area contributed by atoms with Crippen LogP contribution in [-0.2, 0) is 11.2 Å². The Labute approximate surface area is 166 Å². The molecule has 0 spiro atoms. The zero-order chi connectivity index (χ0) is 19.6. The molecule has 2 N–H and O–H groups in total. The summed E-state index contributed by atoms with van der Waals surface area (Å²) in [5.41, 5.74) is 0.872. The molecule has 1 aromatic carbocycles. The maximum atomic E-state index is 5.68. The Morgan fingerprint density at radius 3 is 2.93 bits per heavy atom. The van der Waals surface area contributed by atoms with E-state index in [4.69, 9.17) is 23.6 Å². The summed E-state index contributed by atoms with van der Waals surface area (Å²) in [5.74, 6) is 3.04. The number of rotatable bonds is 9. The Balaban J connectivity index is 1.65. The number of methoxy groups -OCH3 is 1. The van der Waals surface area contributed by atoms with Crippen LogP contribution in [-0.4, -0.2) is 45.5 Å². The third kappa shape index (κ3) is 5.92. The molecule has 1 aliphatic heterocycles. The zero-order valence-corrected chi connectivity index (χ0v) is 16.6.